The van der Waals surface area contributed by atoms with Gasteiger partial charge in [0, 0.05) is 38.6 Å². The standard InChI is InChI=1S/C14H23N3O2/c1-3-4-7-17-14(18)12-6-9-16-13(11-12)15-8-5-10-19-2/h6,9,11H,3-5,7-8,10H2,1-2H3,(H,15,16)(H,17,18). The molecule has 1 aromatic heterocycles. The van der Waals surface area contributed by atoms with Crippen molar-refractivity contribution in [2.75, 3.05) is 32.1 Å². The second-order valence-electron chi connectivity index (χ2n) is 4.31. The van der Waals surface area contributed by atoms with Gasteiger partial charge in [0.15, 0.2) is 0 Å². The lowest BCUT2D eigenvalue weighted by molar-refractivity contribution is 0.0953. The largest absolute Gasteiger partial charge is 0.385 e. The van der Waals surface area contributed by atoms with E-state index in [1.165, 1.54) is 0 Å². The summed E-state index contributed by atoms with van der Waals surface area (Å²) in [5, 5.41) is 6.06. The van der Waals surface area contributed by atoms with Crippen molar-refractivity contribution in [3.05, 3.63) is 23.9 Å². The van der Waals surface area contributed by atoms with Gasteiger partial charge in [0.05, 0.1) is 0 Å². The Hall–Kier alpha value is -1.62. The molecule has 1 heterocycles. The van der Waals surface area contributed by atoms with Crippen molar-refractivity contribution < 1.29 is 9.53 Å². The maximum atomic E-state index is 11.9. The monoisotopic (exact) mass is 265 g/mol. The van der Waals surface area contributed by atoms with Crippen LogP contribution in [0.4, 0.5) is 5.82 Å². The summed E-state index contributed by atoms with van der Waals surface area (Å²) in [5.41, 5.74) is 0.639. The van der Waals surface area contributed by atoms with Gasteiger partial charge in [-0.1, -0.05) is 13.3 Å². The number of methoxy groups -OCH3 is 1. The third-order valence-corrected chi connectivity index (χ3v) is 2.67. The smallest absolute Gasteiger partial charge is 0.251 e. The Balaban J connectivity index is 2.44. The Morgan fingerprint density at radius 3 is 2.95 bits per heavy atom. The fraction of sp³-hybridized carbons (Fsp3) is 0.571. The number of hydrogen-bond donors (Lipinski definition) is 2. The van der Waals surface area contributed by atoms with Crippen LogP contribution in [-0.2, 0) is 4.74 Å². The topological polar surface area (TPSA) is 63.2 Å². The Bertz CT molecular complexity index is 383. The zero-order valence-electron chi connectivity index (χ0n) is 11.7. The summed E-state index contributed by atoms with van der Waals surface area (Å²) in [6, 6.07) is 3.50. The number of hydrogen-bond acceptors (Lipinski definition) is 4. The number of amides is 1. The molecule has 1 amide bonds. The molecule has 5 nitrogen and oxygen atoms in total. The highest BCUT2D eigenvalue weighted by Crippen LogP contribution is 2.06. The Labute approximate surface area is 114 Å². The molecule has 0 aliphatic heterocycles. The first-order valence-electron chi connectivity index (χ1n) is 6.75. The van der Waals surface area contributed by atoms with E-state index in [1.54, 1.807) is 25.4 Å². The van der Waals surface area contributed by atoms with Gasteiger partial charge in [-0.15, -0.1) is 0 Å². The van der Waals surface area contributed by atoms with Crippen molar-refractivity contribution >= 4 is 11.7 Å². The van der Waals surface area contributed by atoms with Gasteiger partial charge in [-0.3, -0.25) is 4.79 Å². The summed E-state index contributed by atoms with van der Waals surface area (Å²) < 4.78 is 4.97. The van der Waals surface area contributed by atoms with Gasteiger partial charge in [-0.05, 0) is 25.0 Å². The summed E-state index contributed by atoms with van der Waals surface area (Å²) in [6.07, 6.45) is 4.63. The van der Waals surface area contributed by atoms with E-state index in [9.17, 15) is 4.79 Å². The molecule has 0 bridgehead atoms. The summed E-state index contributed by atoms with van der Waals surface area (Å²) in [6.45, 7) is 4.31. The molecule has 5 heteroatoms. The molecule has 2 N–H and O–H groups in total. The van der Waals surface area contributed by atoms with Gasteiger partial charge in [-0.2, -0.15) is 0 Å². The van der Waals surface area contributed by atoms with E-state index >= 15 is 0 Å². The number of carbonyl (C=O) groups excluding carboxylic acids is 1. The lowest BCUT2D eigenvalue weighted by Gasteiger charge is -2.08. The highest BCUT2D eigenvalue weighted by atomic mass is 16.5. The Morgan fingerprint density at radius 1 is 1.37 bits per heavy atom. The van der Waals surface area contributed by atoms with Gasteiger partial charge in [0.1, 0.15) is 5.82 Å². The van der Waals surface area contributed by atoms with Crippen molar-refractivity contribution in [3.8, 4) is 0 Å². The van der Waals surface area contributed by atoms with Crippen LogP contribution >= 0.6 is 0 Å². The minimum atomic E-state index is -0.0456. The maximum absolute atomic E-state index is 11.9. The Morgan fingerprint density at radius 2 is 2.21 bits per heavy atom. The summed E-state index contributed by atoms with van der Waals surface area (Å²) in [4.78, 5) is 16.0. The first-order valence-corrected chi connectivity index (χ1v) is 6.75. The molecule has 0 saturated heterocycles. The van der Waals surface area contributed by atoms with Gasteiger partial charge in [0.25, 0.3) is 5.91 Å². The molecule has 0 unspecified atom stereocenters. The number of anilines is 1. The average molecular weight is 265 g/mol. The number of nitrogens with zero attached hydrogens (tertiary/aromatic N) is 1. The third kappa shape index (κ3) is 6.20. The van der Waals surface area contributed by atoms with Gasteiger partial charge in [-0.25, -0.2) is 4.98 Å². The first kappa shape index (κ1) is 15.4. The van der Waals surface area contributed by atoms with Crippen LogP contribution in [-0.4, -0.2) is 37.7 Å². The molecule has 0 radical (unpaired) electrons. The molecule has 1 rings (SSSR count). The second-order valence-corrected chi connectivity index (χ2v) is 4.31. The van der Waals surface area contributed by atoms with E-state index in [1.807, 2.05) is 0 Å². The third-order valence-electron chi connectivity index (χ3n) is 2.67. The van der Waals surface area contributed by atoms with Crippen LogP contribution in [0.2, 0.25) is 0 Å². The van der Waals surface area contributed by atoms with Crippen molar-refractivity contribution in [2.45, 2.75) is 26.2 Å². The number of unbranched alkanes of at least 4 members (excludes halogenated alkanes) is 1. The molecule has 0 spiro atoms. The molecule has 0 aliphatic rings. The van der Waals surface area contributed by atoms with Crippen LogP contribution in [0.25, 0.3) is 0 Å². The van der Waals surface area contributed by atoms with Crippen LogP contribution in [0.1, 0.15) is 36.5 Å². The fourth-order valence-corrected chi connectivity index (χ4v) is 1.58. The number of ether oxygens (including phenoxy) is 1. The predicted molar refractivity (Wildman–Crippen MR) is 76.5 cm³/mol. The number of aromatic nitrogens is 1. The zero-order valence-corrected chi connectivity index (χ0v) is 11.7. The summed E-state index contributed by atoms with van der Waals surface area (Å²) in [5.74, 6) is 0.676. The van der Waals surface area contributed by atoms with Crippen LogP contribution in [0.3, 0.4) is 0 Å². The highest BCUT2D eigenvalue weighted by molar-refractivity contribution is 5.94. The minimum absolute atomic E-state index is 0.0456. The molecule has 0 aromatic carbocycles. The van der Waals surface area contributed by atoms with Crippen LogP contribution in [0.15, 0.2) is 18.3 Å². The molecule has 0 aliphatic carbocycles. The fourth-order valence-electron chi connectivity index (χ4n) is 1.58. The molecule has 106 valence electrons. The molecular weight excluding hydrogens is 242 g/mol. The summed E-state index contributed by atoms with van der Waals surface area (Å²) in [7, 11) is 1.68. The molecular formula is C14H23N3O2. The van der Waals surface area contributed by atoms with Crippen LogP contribution in [0, 0.1) is 0 Å². The number of nitrogens with one attached hydrogen (secondary N) is 2. The molecule has 0 atom stereocenters. The van der Waals surface area contributed by atoms with Gasteiger partial charge < -0.3 is 15.4 Å². The predicted octanol–water partition coefficient (Wildman–Crippen LogP) is 2.06. The maximum Gasteiger partial charge on any atom is 0.251 e. The van der Waals surface area contributed by atoms with Gasteiger partial charge in [0.2, 0.25) is 0 Å². The lowest BCUT2D eigenvalue weighted by atomic mass is 10.2. The van der Waals surface area contributed by atoms with Gasteiger partial charge >= 0.3 is 0 Å². The van der Waals surface area contributed by atoms with E-state index in [2.05, 4.69) is 22.5 Å². The van der Waals surface area contributed by atoms with Crippen molar-refractivity contribution in [1.29, 1.82) is 0 Å². The lowest BCUT2D eigenvalue weighted by Crippen LogP contribution is -2.24. The summed E-state index contributed by atoms with van der Waals surface area (Å²) >= 11 is 0. The van der Waals surface area contributed by atoms with Crippen LogP contribution < -0.4 is 10.6 Å². The SMILES string of the molecule is CCCCNC(=O)c1ccnc(NCCCOC)c1. The van der Waals surface area contributed by atoms with Crippen molar-refractivity contribution in [2.24, 2.45) is 0 Å². The Kier molecular flexibility index (Phi) is 7.58. The number of carbonyl (C=O) groups is 1. The van der Waals surface area contributed by atoms with E-state index in [4.69, 9.17) is 4.74 Å². The van der Waals surface area contributed by atoms with Crippen molar-refractivity contribution in [3.63, 3.8) is 0 Å². The first-order chi connectivity index (χ1) is 9.27. The number of pyridine rings is 1. The average Bonchev–Trinajstić information content (AvgIpc) is 2.44. The molecule has 0 fully saturated rings. The van der Waals surface area contributed by atoms with E-state index in [-0.39, 0.29) is 5.91 Å². The quantitative estimate of drug-likeness (QED) is 0.671. The number of rotatable bonds is 9. The zero-order chi connectivity index (χ0) is 13.9. The molecule has 0 saturated carbocycles. The normalized spacial score (nSPS) is 10.2. The van der Waals surface area contributed by atoms with Crippen molar-refractivity contribution in [1.82, 2.24) is 10.3 Å². The minimum Gasteiger partial charge on any atom is -0.385 e. The van der Waals surface area contributed by atoms with E-state index < -0.39 is 0 Å². The van der Waals surface area contributed by atoms with E-state index in [0.29, 0.717) is 18.7 Å². The van der Waals surface area contributed by atoms with E-state index in [0.717, 1.165) is 31.6 Å². The molecule has 1 aromatic rings. The highest BCUT2D eigenvalue weighted by Gasteiger charge is 2.05. The molecule has 19 heavy (non-hydrogen) atoms. The van der Waals surface area contributed by atoms with Crippen LogP contribution in [0.5, 0.6) is 0 Å². The second kappa shape index (κ2) is 9.33.